The summed E-state index contributed by atoms with van der Waals surface area (Å²) >= 11 is 0. The molecule has 19 nitrogen and oxygen atoms in total. The van der Waals surface area contributed by atoms with Gasteiger partial charge in [0.2, 0.25) is 23.6 Å². The predicted octanol–water partition coefficient (Wildman–Crippen LogP) is 6.29. The number of hydrogen-bond donors (Lipinski definition) is 8. The van der Waals surface area contributed by atoms with E-state index in [-0.39, 0.29) is 102 Å². The van der Waals surface area contributed by atoms with Crippen molar-refractivity contribution in [3.05, 3.63) is 116 Å². The number of alkyl halides is 3. The van der Waals surface area contributed by atoms with Crippen LogP contribution in [0.25, 0.3) is 44.4 Å². The number of anilines is 1. The highest BCUT2D eigenvalue weighted by atomic mass is 19.4. The van der Waals surface area contributed by atoms with Crippen LogP contribution in [0.15, 0.2) is 97.3 Å². The fourth-order valence-electron chi connectivity index (χ4n) is 8.30. The number of aromatic carboxylic acids is 1. The molecular formula is C53H55F3N6O13. The Balaban J connectivity index is 0.987. The van der Waals surface area contributed by atoms with Crippen molar-refractivity contribution in [1.29, 1.82) is 0 Å². The highest BCUT2D eigenvalue weighted by molar-refractivity contribution is 6.09. The van der Waals surface area contributed by atoms with Gasteiger partial charge in [0, 0.05) is 76.9 Å². The number of carbonyl (C=O) groups is 7. The van der Waals surface area contributed by atoms with E-state index in [0.717, 1.165) is 0 Å². The van der Waals surface area contributed by atoms with Crippen LogP contribution in [-0.2, 0) is 24.0 Å². The van der Waals surface area contributed by atoms with Gasteiger partial charge in [-0.1, -0.05) is 26.3 Å². The second kappa shape index (κ2) is 24.9. The summed E-state index contributed by atoms with van der Waals surface area (Å²) in [4.78, 5) is 114. The van der Waals surface area contributed by atoms with Crippen LogP contribution in [0.3, 0.4) is 0 Å². The van der Waals surface area contributed by atoms with Crippen molar-refractivity contribution in [2.45, 2.75) is 90.4 Å². The van der Waals surface area contributed by atoms with Gasteiger partial charge in [0.05, 0.1) is 12.1 Å². The molecule has 0 saturated carbocycles. The molecule has 396 valence electrons. The van der Waals surface area contributed by atoms with Crippen molar-refractivity contribution in [2.24, 2.45) is 5.92 Å². The molecule has 0 spiro atoms. The first-order chi connectivity index (χ1) is 35.6. The number of halogens is 3. The number of hydrogen-bond acceptors (Lipinski definition) is 12. The summed E-state index contributed by atoms with van der Waals surface area (Å²) in [5.74, 6) is -6.64. The molecule has 0 fully saturated rings. The quantitative estimate of drug-likeness (QED) is 0.0199. The van der Waals surface area contributed by atoms with E-state index in [0.29, 0.717) is 46.7 Å². The molecule has 0 unspecified atom stereocenters. The van der Waals surface area contributed by atoms with Crippen LogP contribution in [0.1, 0.15) is 91.5 Å². The topological polar surface area (TPSA) is 293 Å². The fourth-order valence-corrected chi connectivity index (χ4v) is 8.30. The van der Waals surface area contributed by atoms with E-state index in [1.807, 2.05) is 13.8 Å². The number of unbranched alkanes of at least 4 members (excludes halogenated alkanes) is 3. The highest BCUT2D eigenvalue weighted by Crippen LogP contribution is 2.42. The standard InChI is InChI=1S/C53H55F3N6O13/c1-28(2)21-40(49(69)59-27-45(66)61-39(9-6-8-20-58-52(73)53(54,55)56)50(70)60-31-12-16-34-29(3)22-46(67)75-41(34)24-31)62-44(65)10-5-4-7-19-57-48(68)30-11-15-35(38(23-30)51(71)72)47-36-17-13-32(63)25-42(36)74-43-26-33(64)14-18-37(43)47/h11-18,22-26,28,39-40,63H,4-10,19-21,27H2,1-3H3,(H,57,68)(H,58,73)(H,59,69)(H,60,70)(H,61,66)(H,62,65)(H,71,72)/t39-,40-/m0/s1. The number of carbonyl (C=O) groups excluding carboxylic acids is 6. The van der Waals surface area contributed by atoms with Gasteiger partial charge >= 0.3 is 23.7 Å². The Morgan fingerprint density at radius 2 is 1.37 bits per heavy atom. The molecule has 2 heterocycles. The summed E-state index contributed by atoms with van der Waals surface area (Å²) in [6.45, 7) is 4.57. The summed E-state index contributed by atoms with van der Waals surface area (Å²) in [6.07, 6.45) is -3.52. The van der Waals surface area contributed by atoms with Gasteiger partial charge in [-0.2, -0.15) is 13.2 Å². The van der Waals surface area contributed by atoms with E-state index in [1.165, 1.54) is 60.7 Å². The largest absolute Gasteiger partial charge is 0.508 e. The Morgan fingerprint density at radius 1 is 0.680 bits per heavy atom. The number of carboxylic acids is 1. The van der Waals surface area contributed by atoms with Gasteiger partial charge in [0.1, 0.15) is 34.8 Å². The van der Waals surface area contributed by atoms with Crippen LogP contribution in [0.4, 0.5) is 18.9 Å². The molecule has 8 N–H and O–H groups in total. The van der Waals surface area contributed by atoms with E-state index < -0.39 is 71.8 Å². The third kappa shape index (κ3) is 15.2. The minimum Gasteiger partial charge on any atom is -0.508 e. The minimum absolute atomic E-state index is 0.0186. The summed E-state index contributed by atoms with van der Waals surface area (Å²) in [6, 6.07) is 16.2. The van der Waals surface area contributed by atoms with E-state index in [4.69, 9.17) is 8.83 Å². The molecule has 1 aliphatic heterocycles. The predicted molar refractivity (Wildman–Crippen MR) is 269 cm³/mol. The van der Waals surface area contributed by atoms with Crippen LogP contribution in [0.2, 0.25) is 0 Å². The number of nitrogens with one attached hydrogen (secondary N) is 6. The lowest BCUT2D eigenvalue weighted by Crippen LogP contribution is -2.51. The molecule has 0 saturated heterocycles. The van der Waals surface area contributed by atoms with Crippen molar-refractivity contribution in [1.82, 2.24) is 26.6 Å². The van der Waals surface area contributed by atoms with Crippen LogP contribution < -0.4 is 43.0 Å². The van der Waals surface area contributed by atoms with E-state index in [9.17, 15) is 66.5 Å². The summed E-state index contributed by atoms with van der Waals surface area (Å²) in [7, 11) is 0. The van der Waals surface area contributed by atoms with Gasteiger partial charge < -0.3 is 50.9 Å². The van der Waals surface area contributed by atoms with Crippen LogP contribution >= 0.6 is 0 Å². The van der Waals surface area contributed by atoms with E-state index in [1.54, 1.807) is 30.4 Å². The van der Waals surface area contributed by atoms with Gasteiger partial charge in [0.15, 0.2) is 5.43 Å². The van der Waals surface area contributed by atoms with Gasteiger partial charge in [-0.05, 0) is 111 Å². The average Bonchev–Trinajstić information content (AvgIpc) is 3.34. The molecule has 3 aromatic carbocycles. The maximum Gasteiger partial charge on any atom is 0.471 e. The first-order valence-corrected chi connectivity index (χ1v) is 24.0. The number of aryl methyl sites for hydroxylation is 1. The van der Waals surface area contributed by atoms with Crippen molar-refractivity contribution in [3.8, 4) is 28.2 Å². The molecule has 0 radical (unpaired) electrons. The van der Waals surface area contributed by atoms with Crippen LogP contribution in [0.5, 0.6) is 5.75 Å². The molecule has 75 heavy (non-hydrogen) atoms. The molecule has 22 heteroatoms. The maximum atomic E-state index is 13.5. The molecule has 1 aliphatic carbocycles. The average molecular weight is 1040 g/mol. The lowest BCUT2D eigenvalue weighted by Gasteiger charge is -2.21. The number of rotatable bonds is 23. The van der Waals surface area contributed by atoms with Gasteiger partial charge in [-0.25, -0.2) is 9.59 Å². The highest BCUT2D eigenvalue weighted by Gasteiger charge is 2.38. The zero-order valence-electron chi connectivity index (χ0n) is 41.0. The molecule has 6 amide bonds. The lowest BCUT2D eigenvalue weighted by molar-refractivity contribution is -0.173. The van der Waals surface area contributed by atoms with Crippen molar-refractivity contribution >= 4 is 69.0 Å². The number of carboxylic acid groups (broad SMARTS) is 1. The zero-order chi connectivity index (χ0) is 54.6. The fraction of sp³-hybridized carbons (Fsp3) is 0.340. The Kier molecular flexibility index (Phi) is 18.5. The molecule has 4 aromatic rings. The smallest absolute Gasteiger partial charge is 0.471 e. The third-order valence-corrected chi connectivity index (χ3v) is 11.9. The molecule has 0 bridgehead atoms. The molecule has 2 aliphatic rings. The normalized spacial score (nSPS) is 12.3. The van der Waals surface area contributed by atoms with Crippen LogP contribution in [0, 0.1) is 12.8 Å². The summed E-state index contributed by atoms with van der Waals surface area (Å²) in [5, 5.41) is 36.3. The molecular weight excluding hydrogens is 986 g/mol. The molecule has 2 atom stereocenters. The maximum absolute atomic E-state index is 13.5. The minimum atomic E-state index is -5.08. The van der Waals surface area contributed by atoms with Crippen LogP contribution in [-0.4, -0.2) is 89.5 Å². The number of amides is 6. The Labute approximate surface area is 426 Å². The Bertz CT molecular complexity index is 3220. The van der Waals surface area contributed by atoms with Crippen molar-refractivity contribution < 1.29 is 65.8 Å². The second-order valence-corrected chi connectivity index (χ2v) is 18.2. The molecule has 6 rings (SSSR count). The number of phenols is 1. The second-order valence-electron chi connectivity index (χ2n) is 18.2. The number of benzene rings is 4. The summed E-state index contributed by atoms with van der Waals surface area (Å²) < 4.78 is 49.0. The van der Waals surface area contributed by atoms with Gasteiger partial charge in [0.25, 0.3) is 5.91 Å². The first-order valence-electron chi connectivity index (χ1n) is 24.0. The van der Waals surface area contributed by atoms with Gasteiger partial charge in [-0.15, -0.1) is 0 Å². The van der Waals surface area contributed by atoms with E-state index in [2.05, 4.69) is 26.6 Å². The lowest BCUT2D eigenvalue weighted by atomic mass is 9.90. The Morgan fingerprint density at radius 3 is 2.11 bits per heavy atom. The number of fused-ring (bicyclic) bond motifs is 3. The number of aromatic hydroxyl groups is 1. The summed E-state index contributed by atoms with van der Waals surface area (Å²) in [5.41, 5.74) is 1.28. The monoisotopic (exact) mass is 1040 g/mol. The SMILES string of the molecule is Cc1cc(=O)oc2cc(NC(=O)[C@H](CCCCNC(=O)C(F)(F)F)NC(=O)CNC(=O)[C@H](CC(C)C)NC(=O)CCCCCNC(=O)c3ccc(-c4c5ccc(=O)cc-5oc5cc(O)ccc45)c(C(=O)O)c3)ccc12. The number of phenolic OH excluding ortho intramolecular Hbond substituents is 1. The Hall–Kier alpha value is -8.56. The van der Waals surface area contributed by atoms with Crippen molar-refractivity contribution in [2.75, 3.05) is 25.0 Å². The first kappa shape index (κ1) is 55.7. The van der Waals surface area contributed by atoms with Gasteiger partial charge in [-0.3, -0.25) is 33.6 Å². The third-order valence-electron chi connectivity index (χ3n) is 11.9. The zero-order valence-corrected chi connectivity index (χ0v) is 41.0. The van der Waals surface area contributed by atoms with Crippen molar-refractivity contribution in [3.63, 3.8) is 0 Å². The molecule has 1 aromatic heterocycles. The van der Waals surface area contributed by atoms with E-state index >= 15 is 0 Å².